The van der Waals surface area contributed by atoms with Gasteiger partial charge in [-0.1, -0.05) is 170 Å². The molecule has 2 atom stereocenters. The number of anilines is 1. The van der Waals surface area contributed by atoms with Crippen LogP contribution in [-0.4, -0.2) is 10.6 Å². The third-order valence-corrected chi connectivity index (χ3v) is 14.2. The number of fused-ring (bicyclic) bond motifs is 9. The number of nitrogens with zero attached hydrogens (tertiary/aromatic N) is 2. The lowest BCUT2D eigenvalue weighted by atomic mass is 9.66. The fraction of sp³-hybridized carbons (Fsp3) is 0.0820. The van der Waals surface area contributed by atoms with E-state index in [1.54, 1.807) is 0 Å². The maximum atomic E-state index is 6.56. The summed E-state index contributed by atoms with van der Waals surface area (Å²) in [4.78, 5) is 2.57. The minimum atomic E-state index is -0.435. The minimum absolute atomic E-state index is 0.0700. The zero-order valence-corrected chi connectivity index (χ0v) is 35.3. The molecule has 0 bridgehead atoms. The van der Waals surface area contributed by atoms with E-state index < -0.39 is 5.41 Å². The van der Waals surface area contributed by atoms with Gasteiger partial charge in [-0.05, 0) is 106 Å². The van der Waals surface area contributed by atoms with Gasteiger partial charge in [-0.25, -0.2) is 0 Å². The van der Waals surface area contributed by atoms with Crippen LogP contribution in [0.3, 0.4) is 0 Å². The van der Waals surface area contributed by atoms with Crippen LogP contribution in [0.4, 0.5) is 5.69 Å². The Bertz CT molecular complexity index is 3530. The number of benzene rings is 8. The molecule has 8 aromatic carbocycles. The Hall–Kier alpha value is -7.88. The van der Waals surface area contributed by atoms with Gasteiger partial charge in [0, 0.05) is 50.6 Å². The molecule has 64 heavy (non-hydrogen) atoms. The monoisotopic (exact) mass is 820 g/mol. The highest BCUT2D eigenvalue weighted by atomic mass is 16.3. The van der Waals surface area contributed by atoms with Crippen LogP contribution in [0.2, 0.25) is 0 Å². The van der Waals surface area contributed by atoms with E-state index in [9.17, 15) is 0 Å². The van der Waals surface area contributed by atoms with Crippen LogP contribution in [0.1, 0.15) is 46.6 Å². The topological polar surface area (TPSA) is 21.3 Å². The Morgan fingerprint density at radius 3 is 1.98 bits per heavy atom. The first-order valence-corrected chi connectivity index (χ1v) is 22.5. The fourth-order valence-corrected chi connectivity index (χ4v) is 11.4. The Kier molecular flexibility index (Phi) is 8.39. The quantitative estimate of drug-likeness (QED) is 0.160. The molecular formula is C61H44N2O. The SMILES string of the molecule is C1=CC(N(C2=CCC3C(=C2)C(c2ccccc2)(c2ccccc2)c2ccccc23)c2ccc3c(c2)oc2ccccc23)CC=C1c1ccc2c(c1)c1ccccc1n2-c1ccccc1. The van der Waals surface area contributed by atoms with E-state index in [4.69, 9.17) is 4.42 Å². The smallest absolute Gasteiger partial charge is 0.137 e. The van der Waals surface area contributed by atoms with Gasteiger partial charge in [0.1, 0.15) is 11.2 Å². The number of furan rings is 1. The number of rotatable bonds is 7. The van der Waals surface area contributed by atoms with Crippen molar-refractivity contribution in [3.05, 3.63) is 270 Å². The molecule has 0 saturated heterocycles. The van der Waals surface area contributed by atoms with Gasteiger partial charge in [0.25, 0.3) is 0 Å². The van der Waals surface area contributed by atoms with E-state index in [0.717, 1.165) is 40.5 Å². The van der Waals surface area contributed by atoms with Gasteiger partial charge in [-0.15, -0.1) is 0 Å². The van der Waals surface area contributed by atoms with Gasteiger partial charge in [0.05, 0.1) is 22.5 Å². The molecule has 3 aliphatic rings. The first-order valence-electron chi connectivity index (χ1n) is 22.5. The van der Waals surface area contributed by atoms with Crippen LogP contribution in [0.25, 0.3) is 55.0 Å². The molecule has 10 aromatic rings. The summed E-state index contributed by atoms with van der Waals surface area (Å²) in [5.41, 5.74) is 16.6. The summed E-state index contributed by atoms with van der Waals surface area (Å²) in [6.07, 6.45) is 14.0. The standard InChI is InChI=1S/C61H44N2O/c1-4-16-43(17-5-1)61(44-18-6-2-7-19-44)55-25-13-10-22-49(55)50-35-33-47(39-56(50)61)62(48-34-36-53-52-24-12-15-27-59(52)64-60(53)40-48)46-31-28-41(29-32-46)42-30-37-58-54(38-42)51-23-11-14-26-57(51)63(58)45-20-8-3-9-21-45/h1-31,33-34,36-40,46,50H,32,35H2. The van der Waals surface area contributed by atoms with E-state index in [2.05, 4.69) is 240 Å². The molecule has 3 nitrogen and oxygen atoms in total. The molecule has 304 valence electrons. The van der Waals surface area contributed by atoms with Crippen LogP contribution in [0, 0.1) is 0 Å². The second-order valence-corrected chi connectivity index (χ2v) is 17.5. The van der Waals surface area contributed by atoms with E-state index in [0.29, 0.717) is 0 Å². The predicted molar refractivity (Wildman–Crippen MR) is 265 cm³/mol. The van der Waals surface area contributed by atoms with Gasteiger partial charge in [-0.2, -0.15) is 0 Å². The molecule has 0 N–H and O–H groups in total. The molecule has 2 heterocycles. The zero-order valence-electron chi connectivity index (χ0n) is 35.3. The molecule has 0 amide bonds. The average molecular weight is 821 g/mol. The summed E-state index contributed by atoms with van der Waals surface area (Å²) in [6.45, 7) is 0. The molecule has 13 rings (SSSR count). The summed E-state index contributed by atoms with van der Waals surface area (Å²) in [6, 6.07) is 73.2. The van der Waals surface area contributed by atoms with Crippen molar-refractivity contribution in [1.82, 2.24) is 4.57 Å². The van der Waals surface area contributed by atoms with Crippen molar-refractivity contribution in [1.29, 1.82) is 0 Å². The third kappa shape index (κ3) is 5.53. The van der Waals surface area contributed by atoms with Crippen LogP contribution in [0.5, 0.6) is 0 Å². The van der Waals surface area contributed by atoms with Gasteiger partial charge in [0.15, 0.2) is 0 Å². The van der Waals surface area contributed by atoms with E-state index >= 15 is 0 Å². The molecule has 2 unspecified atom stereocenters. The molecule has 3 heteroatoms. The second-order valence-electron chi connectivity index (χ2n) is 17.5. The lowest BCUT2D eigenvalue weighted by Crippen LogP contribution is -2.36. The Morgan fingerprint density at radius 1 is 0.531 bits per heavy atom. The minimum Gasteiger partial charge on any atom is -0.456 e. The lowest BCUT2D eigenvalue weighted by Gasteiger charge is -2.39. The van der Waals surface area contributed by atoms with Gasteiger partial charge in [-0.3, -0.25) is 0 Å². The van der Waals surface area contributed by atoms with E-state index in [1.165, 1.54) is 72.2 Å². The number of para-hydroxylation sites is 3. The highest BCUT2D eigenvalue weighted by Crippen LogP contribution is 2.60. The summed E-state index contributed by atoms with van der Waals surface area (Å²) in [5.74, 6) is 0.260. The predicted octanol–water partition coefficient (Wildman–Crippen LogP) is 15.2. The van der Waals surface area contributed by atoms with Crippen LogP contribution >= 0.6 is 0 Å². The van der Waals surface area contributed by atoms with Crippen molar-refractivity contribution in [2.24, 2.45) is 0 Å². The molecule has 0 radical (unpaired) electrons. The molecule has 0 saturated carbocycles. The number of allylic oxidation sites excluding steroid dienone is 5. The first kappa shape index (κ1) is 36.7. The zero-order chi connectivity index (χ0) is 42.2. The van der Waals surface area contributed by atoms with Gasteiger partial charge in [0.2, 0.25) is 0 Å². The van der Waals surface area contributed by atoms with E-state index in [-0.39, 0.29) is 12.0 Å². The Morgan fingerprint density at radius 2 is 1.20 bits per heavy atom. The molecule has 2 aromatic heterocycles. The van der Waals surface area contributed by atoms with Crippen LogP contribution in [-0.2, 0) is 5.41 Å². The molecular weight excluding hydrogens is 777 g/mol. The first-order chi connectivity index (χ1) is 31.7. The fourth-order valence-electron chi connectivity index (χ4n) is 11.4. The summed E-state index contributed by atoms with van der Waals surface area (Å²) in [7, 11) is 0. The van der Waals surface area contributed by atoms with E-state index in [1.807, 2.05) is 0 Å². The van der Waals surface area contributed by atoms with Crippen molar-refractivity contribution in [3.8, 4) is 5.69 Å². The highest BCUT2D eigenvalue weighted by Gasteiger charge is 2.51. The normalized spacial score (nSPS) is 17.6. The maximum absolute atomic E-state index is 6.56. The maximum Gasteiger partial charge on any atom is 0.137 e. The van der Waals surface area contributed by atoms with Crippen molar-refractivity contribution in [2.45, 2.75) is 30.2 Å². The van der Waals surface area contributed by atoms with Crippen molar-refractivity contribution in [2.75, 3.05) is 4.90 Å². The van der Waals surface area contributed by atoms with Crippen molar-refractivity contribution in [3.63, 3.8) is 0 Å². The van der Waals surface area contributed by atoms with Crippen LogP contribution in [0.15, 0.2) is 246 Å². The van der Waals surface area contributed by atoms with Crippen molar-refractivity contribution >= 4 is 55.0 Å². The number of aromatic nitrogens is 1. The third-order valence-electron chi connectivity index (χ3n) is 14.2. The van der Waals surface area contributed by atoms with Crippen molar-refractivity contribution < 1.29 is 4.42 Å². The molecule has 0 aliphatic heterocycles. The number of hydrogen-bond acceptors (Lipinski definition) is 2. The summed E-state index contributed by atoms with van der Waals surface area (Å²) >= 11 is 0. The Balaban J connectivity index is 0.941. The summed E-state index contributed by atoms with van der Waals surface area (Å²) < 4.78 is 8.94. The second kappa shape index (κ2) is 14.6. The highest BCUT2D eigenvalue weighted by molar-refractivity contribution is 6.10. The molecule has 3 aliphatic carbocycles. The number of hydrogen-bond donors (Lipinski definition) is 0. The largest absolute Gasteiger partial charge is 0.456 e. The molecule has 0 fully saturated rings. The lowest BCUT2D eigenvalue weighted by molar-refractivity contribution is 0.666. The van der Waals surface area contributed by atoms with Crippen LogP contribution < -0.4 is 4.90 Å². The average Bonchev–Trinajstić information content (AvgIpc) is 4.01. The van der Waals surface area contributed by atoms with Gasteiger partial charge >= 0.3 is 0 Å². The molecule has 0 spiro atoms. The van der Waals surface area contributed by atoms with Gasteiger partial charge < -0.3 is 13.9 Å². The summed E-state index contributed by atoms with van der Waals surface area (Å²) in [5, 5.41) is 4.81. The Labute approximate surface area is 372 Å².